The lowest BCUT2D eigenvalue weighted by Gasteiger charge is -2.20. The van der Waals surface area contributed by atoms with E-state index in [1.165, 1.54) is 12.1 Å². The van der Waals surface area contributed by atoms with E-state index in [4.69, 9.17) is 0 Å². The Morgan fingerprint density at radius 3 is 2.53 bits per heavy atom. The summed E-state index contributed by atoms with van der Waals surface area (Å²) in [4.78, 5) is 8.81. The highest BCUT2D eigenvalue weighted by molar-refractivity contribution is 5.30. The van der Waals surface area contributed by atoms with Gasteiger partial charge in [0.1, 0.15) is 0 Å². The molecule has 0 fully saturated rings. The molecular weight excluding hydrogens is 238 g/mol. The van der Waals surface area contributed by atoms with Crippen molar-refractivity contribution < 1.29 is 0 Å². The van der Waals surface area contributed by atoms with Crippen molar-refractivity contribution in [2.75, 3.05) is 39.1 Å². The summed E-state index contributed by atoms with van der Waals surface area (Å²) in [6.07, 6.45) is 3.12. The van der Waals surface area contributed by atoms with Crippen LogP contribution in [0.1, 0.15) is 26.0 Å². The molecule has 0 radical (unpaired) electrons. The Labute approximate surface area is 117 Å². The molecule has 0 aliphatic heterocycles. The van der Waals surface area contributed by atoms with E-state index in [0.717, 1.165) is 25.6 Å². The lowest BCUT2D eigenvalue weighted by molar-refractivity contribution is 0.269. The molecule has 5 nitrogen and oxygen atoms in total. The van der Waals surface area contributed by atoms with Crippen LogP contribution in [0.3, 0.4) is 0 Å². The van der Waals surface area contributed by atoms with Gasteiger partial charge in [-0.05, 0) is 40.4 Å². The molecular formula is C14H29N5. The zero-order chi connectivity index (χ0) is 14.4. The number of hydrogen-bond acceptors (Lipinski definition) is 4. The average molecular weight is 267 g/mol. The Balaban J connectivity index is 2.27. The zero-order valence-corrected chi connectivity index (χ0v) is 13.3. The summed E-state index contributed by atoms with van der Waals surface area (Å²) in [6, 6.07) is 0.625. The molecule has 0 aliphatic carbocycles. The van der Waals surface area contributed by atoms with Crippen molar-refractivity contribution in [2.24, 2.45) is 7.05 Å². The van der Waals surface area contributed by atoms with Gasteiger partial charge in [-0.25, -0.2) is 4.98 Å². The van der Waals surface area contributed by atoms with Gasteiger partial charge in [0.15, 0.2) is 0 Å². The molecule has 110 valence electrons. The molecule has 0 spiro atoms. The molecule has 0 saturated heterocycles. The van der Waals surface area contributed by atoms with E-state index in [0.29, 0.717) is 6.04 Å². The van der Waals surface area contributed by atoms with Crippen LogP contribution in [-0.2, 0) is 13.6 Å². The molecule has 0 aromatic carbocycles. The topological polar surface area (TPSA) is 36.3 Å². The summed E-state index contributed by atoms with van der Waals surface area (Å²) in [7, 11) is 8.27. The zero-order valence-electron chi connectivity index (χ0n) is 13.3. The molecule has 5 heteroatoms. The van der Waals surface area contributed by atoms with Crippen molar-refractivity contribution >= 4 is 5.95 Å². The lowest BCUT2D eigenvalue weighted by Crippen LogP contribution is -2.29. The standard InChI is InChI=1S/C14H29N5/c1-12(2)18(5)9-7-8-15-10-13-11-16-14(17(3)4)19(13)6/h11-12,15H,7-10H2,1-6H3. The molecule has 0 bridgehead atoms. The van der Waals surface area contributed by atoms with Crippen LogP contribution >= 0.6 is 0 Å². The van der Waals surface area contributed by atoms with Crippen molar-refractivity contribution in [1.82, 2.24) is 19.8 Å². The van der Waals surface area contributed by atoms with E-state index >= 15 is 0 Å². The maximum atomic E-state index is 4.41. The monoisotopic (exact) mass is 267 g/mol. The normalized spacial score (nSPS) is 11.6. The molecule has 1 heterocycles. The SMILES string of the molecule is CC(C)N(C)CCCNCc1cnc(N(C)C)n1C. The fourth-order valence-electron chi connectivity index (χ4n) is 1.94. The van der Waals surface area contributed by atoms with Crippen molar-refractivity contribution in [1.29, 1.82) is 0 Å². The highest BCUT2D eigenvalue weighted by atomic mass is 15.3. The number of nitrogens with one attached hydrogen (secondary N) is 1. The fourth-order valence-corrected chi connectivity index (χ4v) is 1.94. The first-order valence-electron chi connectivity index (χ1n) is 7.02. The van der Waals surface area contributed by atoms with Gasteiger partial charge in [0.05, 0.1) is 11.9 Å². The van der Waals surface area contributed by atoms with Crippen molar-refractivity contribution in [3.8, 4) is 0 Å². The molecule has 1 N–H and O–H groups in total. The maximum absolute atomic E-state index is 4.41. The van der Waals surface area contributed by atoms with E-state index in [1.807, 2.05) is 25.2 Å². The van der Waals surface area contributed by atoms with Crippen LogP contribution in [0.25, 0.3) is 0 Å². The minimum atomic E-state index is 0.625. The predicted molar refractivity (Wildman–Crippen MR) is 81.6 cm³/mol. The van der Waals surface area contributed by atoms with Gasteiger partial charge >= 0.3 is 0 Å². The number of aromatic nitrogens is 2. The molecule has 19 heavy (non-hydrogen) atoms. The van der Waals surface area contributed by atoms with E-state index in [9.17, 15) is 0 Å². The van der Waals surface area contributed by atoms with Crippen LogP contribution in [0.2, 0.25) is 0 Å². The van der Waals surface area contributed by atoms with E-state index in [2.05, 4.69) is 47.7 Å². The first kappa shape index (κ1) is 16.0. The quantitative estimate of drug-likeness (QED) is 0.721. The molecule has 0 amide bonds. The van der Waals surface area contributed by atoms with Crippen molar-refractivity contribution in [2.45, 2.75) is 32.9 Å². The second kappa shape index (κ2) is 7.50. The summed E-state index contributed by atoms with van der Waals surface area (Å²) in [5.74, 6) is 0.997. The summed E-state index contributed by atoms with van der Waals surface area (Å²) in [6.45, 7) is 7.51. The Bertz CT molecular complexity index is 370. The van der Waals surface area contributed by atoms with Crippen molar-refractivity contribution in [3.63, 3.8) is 0 Å². The van der Waals surface area contributed by atoms with Gasteiger partial charge in [0.25, 0.3) is 0 Å². The number of nitrogens with zero attached hydrogens (tertiary/aromatic N) is 4. The smallest absolute Gasteiger partial charge is 0.204 e. The van der Waals surface area contributed by atoms with Crippen LogP contribution in [0.15, 0.2) is 6.20 Å². The molecule has 0 atom stereocenters. The van der Waals surface area contributed by atoms with Gasteiger partial charge in [-0.2, -0.15) is 0 Å². The third-order valence-corrected chi connectivity index (χ3v) is 3.51. The second-order valence-corrected chi connectivity index (χ2v) is 5.61. The van der Waals surface area contributed by atoms with Gasteiger partial charge in [-0.15, -0.1) is 0 Å². The van der Waals surface area contributed by atoms with Gasteiger partial charge in [-0.3, -0.25) is 0 Å². The summed E-state index contributed by atoms with van der Waals surface area (Å²) < 4.78 is 2.13. The summed E-state index contributed by atoms with van der Waals surface area (Å²) in [5.41, 5.74) is 1.22. The number of rotatable bonds is 8. The van der Waals surface area contributed by atoms with Gasteiger partial charge in [-0.1, -0.05) is 0 Å². The largest absolute Gasteiger partial charge is 0.348 e. The average Bonchev–Trinajstić information content (AvgIpc) is 2.70. The van der Waals surface area contributed by atoms with E-state index in [1.54, 1.807) is 0 Å². The highest BCUT2D eigenvalue weighted by Gasteiger charge is 2.07. The minimum Gasteiger partial charge on any atom is -0.348 e. The predicted octanol–water partition coefficient (Wildman–Crippen LogP) is 1.31. The summed E-state index contributed by atoms with van der Waals surface area (Å²) >= 11 is 0. The Kier molecular flexibility index (Phi) is 6.31. The molecule has 1 rings (SSSR count). The van der Waals surface area contributed by atoms with E-state index in [-0.39, 0.29) is 0 Å². The van der Waals surface area contributed by atoms with Crippen LogP contribution in [0.5, 0.6) is 0 Å². The Morgan fingerprint density at radius 2 is 2.00 bits per heavy atom. The van der Waals surface area contributed by atoms with Crippen LogP contribution < -0.4 is 10.2 Å². The van der Waals surface area contributed by atoms with Gasteiger partial charge in [0.2, 0.25) is 5.95 Å². The lowest BCUT2D eigenvalue weighted by atomic mass is 10.3. The number of hydrogen-bond donors (Lipinski definition) is 1. The highest BCUT2D eigenvalue weighted by Crippen LogP contribution is 2.10. The van der Waals surface area contributed by atoms with Gasteiger partial charge < -0.3 is 19.7 Å². The first-order valence-corrected chi connectivity index (χ1v) is 7.02. The molecule has 1 aromatic rings. The van der Waals surface area contributed by atoms with E-state index < -0.39 is 0 Å². The number of imidazole rings is 1. The summed E-state index contributed by atoms with van der Waals surface area (Å²) in [5, 5.41) is 3.48. The molecule has 0 unspecified atom stereocenters. The molecule has 1 aromatic heterocycles. The van der Waals surface area contributed by atoms with Crippen LogP contribution in [0, 0.1) is 0 Å². The Hall–Kier alpha value is -1.07. The number of anilines is 1. The second-order valence-electron chi connectivity index (χ2n) is 5.61. The van der Waals surface area contributed by atoms with Crippen LogP contribution in [-0.4, -0.2) is 54.7 Å². The molecule has 0 aliphatic rings. The third kappa shape index (κ3) is 4.84. The molecule has 0 saturated carbocycles. The fraction of sp³-hybridized carbons (Fsp3) is 0.786. The van der Waals surface area contributed by atoms with Crippen LogP contribution in [0.4, 0.5) is 5.95 Å². The maximum Gasteiger partial charge on any atom is 0.204 e. The Morgan fingerprint density at radius 1 is 1.32 bits per heavy atom. The minimum absolute atomic E-state index is 0.625. The third-order valence-electron chi connectivity index (χ3n) is 3.51. The van der Waals surface area contributed by atoms with Gasteiger partial charge in [0, 0.05) is 33.7 Å². The first-order chi connectivity index (χ1) is 8.93. The van der Waals surface area contributed by atoms with Crippen molar-refractivity contribution in [3.05, 3.63) is 11.9 Å².